The van der Waals surface area contributed by atoms with Crippen LogP contribution in [0.1, 0.15) is 27.9 Å². The van der Waals surface area contributed by atoms with Gasteiger partial charge in [0.1, 0.15) is 0 Å². The van der Waals surface area contributed by atoms with Crippen molar-refractivity contribution >= 4 is 17.3 Å². The van der Waals surface area contributed by atoms with Crippen LogP contribution in [0.4, 0.5) is 11.4 Å². The maximum Gasteiger partial charge on any atom is 0.337 e. The van der Waals surface area contributed by atoms with Gasteiger partial charge in [0.05, 0.1) is 11.3 Å². The molecule has 108 valence electrons. The Morgan fingerprint density at radius 1 is 1.14 bits per heavy atom. The fourth-order valence-electron chi connectivity index (χ4n) is 2.91. The Morgan fingerprint density at radius 2 is 1.90 bits per heavy atom. The number of carboxylic acid groups (broad SMARTS) is 1. The maximum absolute atomic E-state index is 11.5. The van der Waals surface area contributed by atoms with Crippen molar-refractivity contribution in [3.8, 4) is 0 Å². The molecule has 0 unspecified atom stereocenters. The van der Waals surface area contributed by atoms with Gasteiger partial charge in [-0.25, -0.2) is 4.79 Å². The Kier molecular flexibility index (Phi) is 3.52. The van der Waals surface area contributed by atoms with Crippen LogP contribution in [0.2, 0.25) is 0 Å². The first-order valence-corrected chi connectivity index (χ1v) is 7.09. The third-order valence-corrected chi connectivity index (χ3v) is 3.95. The summed E-state index contributed by atoms with van der Waals surface area (Å²) in [5, 5.41) is 9.40. The second kappa shape index (κ2) is 5.48. The van der Waals surface area contributed by atoms with Crippen molar-refractivity contribution in [2.24, 2.45) is 0 Å². The van der Waals surface area contributed by atoms with E-state index >= 15 is 0 Å². The van der Waals surface area contributed by atoms with E-state index in [1.54, 1.807) is 6.07 Å². The molecule has 0 atom stereocenters. The summed E-state index contributed by atoms with van der Waals surface area (Å²) in [7, 11) is 0. The van der Waals surface area contributed by atoms with Crippen LogP contribution in [0, 0.1) is 0 Å². The fourth-order valence-corrected chi connectivity index (χ4v) is 2.91. The number of nitrogen functional groups attached to an aromatic ring is 1. The normalized spacial score (nSPS) is 14.4. The van der Waals surface area contributed by atoms with E-state index in [1.807, 2.05) is 12.1 Å². The van der Waals surface area contributed by atoms with E-state index in [4.69, 9.17) is 5.73 Å². The Balaban J connectivity index is 2.00. The number of fused-ring (bicyclic) bond motifs is 1. The number of anilines is 2. The molecule has 0 saturated heterocycles. The number of hydrogen-bond donors (Lipinski definition) is 2. The Morgan fingerprint density at radius 3 is 2.67 bits per heavy atom. The highest BCUT2D eigenvalue weighted by Gasteiger charge is 2.19. The average Bonchev–Trinajstić information content (AvgIpc) is 2.69. The SMILES string of the molecule is Nc1ccc(N2CCCc3ccccc3C2)c(C(=O)O)c1. The summed E-state index contributed by atoms with van der Waals surface area (Å²) in [5.74, 6) is -0.935. The van der Waals surface area contributed by atoms with E-state index in [-0.39, 0.29) is 5.56 Å². The summed E-state index contributed by atoms with van der Waals surface area (Å²) in [6, 6.07) is 13.5. The number of nitrogens with zero attached hydrogens (tertiary/aromatic N) is 1. The lowest BCUT2D eigenvalue weighted by Crippen LogP contribution is -2.24. The lowest BCUT2D eigenvalue weighted by Gasteiger charge is -2.25. The summed E-state index contributed by atoms with van der Waals surface area (Å²) < 4.78 is 0. The molecule has 0 radical (unpaired) electrons. The minimum atomic E-state index is -0.935. The van der Waals surface area contributed by atoms with Gasteiger partial charge in [0, 0.05) is 18.8 Å². The second-order valence-corrected chi connectivity index (χ2v) is 5.38. The monoisotopic (exact) mass is 282 g/mol. The first kappa shape index (κ1) is 13.5. The molecule has 0 aliphatic carbocycles. The molecule has 2 aromatic carbocycles. The molecule has 3 rings (SSSR count). The first-order valence-electron chi connectivity index (χ1n) is 7.09. The third-order valence-electron chi connectivity index (χ3n) is 3.95. The predicted molar refractivity (Wildman–Crippen MR) is 83.6 cm³/mol. The molecular weight excluding hydrogens is 264 g/mol. The lowest BCUT2D eigenvalue weighted by atomic mass is 10.0. The third kappa shape index (κ3) is 2.70. The van der Waals surface area contributed by atoms with Gasteiger partial charge in [-0.2, -0.15) is 0 Å². The van der Waals surface area contributed by atoms with Crippen LogP contribution in [-0.4, -0.2) is 17.6 Å². The quantitative estimate of drug-likeness (QED) is 0.831. The number of nitrogens with two attached hydrogens (primary N) is 1. The Bertz CT molecular complexity index is 682. The summed E-state index contributed by atoms with van der Waals surface area (Å²) in [4.78, 5) is 13.6. The van der Waals surface area contributed by atoms with Crippen molar-refractivity contribution in [2.45, 2.75) is 19.4 Å². The molecule has 3 N–H and O–H groups in total. The van der Waals surface area contributed by atoms with Crippen LogP contribution in [0.15, 0.2) is 42.5 Å². The number of rotatable bonds is 2. The van der Waals surface area contributed by atoms with Crippen LogP contribution < -0.4 is 10.6 Å². The van der Waals surface area contributed by atoms with E-state index in [1.165, 1.54) is 17.2 Å². The van der Waals surface area contributed by atoms with E-state index in [2.05, 4.69) is 23.1 Å². The molecule has 1 aliphatic rings. The van der Waals surface area contributed by atoms with Crippen molar-refractivity contribution in [1.82, 2.24) is 0 Å². The van der Waals surface area contributed by atoms with Gasteiger partial charge in [-0.05, 0) is 42.2 Å². The van der Waals surface area contributed by atoms with E-state index < -0.39 is 5.97 Å². The zero-order chi connectivity index (χ0) is 14.8. The number of hydrogen-bond acceptors (Lipinski definition) is 3. The van der Waals surface area contributed by atoms with Crippen LogP contribution in [-0.2, 0) is 13.0 Å². The van der Waals surface area contributed by atoms with Crippen molar-refractivity contribution in [3.05, 3.63) is 59.2 Å². The van der Waals surface area contributed by atoms with Crippen LogP contribution >= 0.6 is 0 Å². The summed E-state index contributed by atoms with van der Waals surface area (Å²) in [5.41, 5.74) is 9.84. The lowest BCUT2D eigenvalue weighted by molar-refractivity contribution is 0.0697. The molecule has 0 bridgehead atoms. The van der Waals surface area contributed by atoms with E-state index in [0.717, 1.165) is 31.6 Å². The van der Waals surface area contributed by atoms with Crippen molar-refractivity contribution in [1.29, 1.82) is 0 Å². The number of aryl methyl sites for hydroxylation is 1. The molecule has 21 heavy (non-hydrogen) atoms. The summed E-state index contributed by atoms with van der Waals surface area (Å²) >= 11 is 0. The zero-order valence-corrected chi connectivity index (χ0v) is 11.7. The zero-order valence-electron chi connectivity index (χ0n) is 11.7. The fraction of sp³-hybridized carbons (Fsp3) is 0.235. The Labute approximate surface area is 123 Å². The second-order valence-electron chi connectivity index (χ2n) is 5.38. The predicted octanol–water partition coefficient (Wildman–Crippen LogP) is 2.92. The van der Waals surface area contributed by atoms with E-state index in [0.29, 0.717) is 5.69 Å². The van der Waals surface area contributed by atoms with Crippen molar-refractivity contribution in [2.75, 3.05) is 17.2 Å². The van der Waals surface area contributed by atoms with Gasteiger partial charge in [0.15, 0.2) is 0 Å². The molecule has 4 heteroatoms. The topological polar surface area (TPSA) is 66.6 Å². The first-order chi connectivity index (χ1) is 10.1. The van der Waals surface area contributed by atoms with E-state index in [9.17, 15) is 9.90 Å². The molecule has 0 aromatic heterocycles. The van der Waals surface area contributed by atoms with Crippen LogP contribution in [0.3, 0.4) is 0 Å². The minimum absolute atomic E-state index is 0.273. The van der Waals surface area contributed by atoms with Gasteiger partial charge in [0.25, 0.3) is 0 Å². The molecule has 0 saturated carbocycles. The number of aromatic carboxylic acids is 1. The van der Waals surface area contributed by atoms with Gasteiger partial charge >= 0.3 is 5.97 Å². The molecule has 2 aromatic rings. The highest BCUT2D eigenvalue weighted by atomic mass is 16.4. The van der Waals surface area contributed by atoms with Gasteiger partial charge in [-0.1, -0.05) is 24.3 Å². The van der Waals surface area contributed by atoms with Crippen LogP contribution in [0.5, 0.6) is 0 Å². The maximum atomic E-state index is 11.5. The number of benzene rings is 2. The van der Waals surface area contributed by atoms with Gasteiger partial charge < -0.3 is 15.7 Å². The highest BCUT2D eigenvalue weighted by Crippen LogP contribution is 2.28. The molecule has 0 spiro atoms. The molecule has 4 nitrogen and oxygen atoms in total. The highest BCUT2D eigenvalue weighted by molar-refractivity contribution is 5.95. The van der Waals surface area contributed by atoms with Gasteiger partial charge in [0.2, 0.25) is 0 Å². The molecule has 1 heterocycles. The van der Waals surface area contributed by atoms with Gasteiger partial charge in [-0.3, -0.25) is 0 Å². The summed E-state index contributed by atoms with van der Waals surface area (Å²) in [6.07, 6.45) is 2.05. The van der Waals surface area contributed by atoms with Crippen molar-refractivity contribution < 1.29 is 9.90 Å². The van der Waals surface area contributed by atoms with Gasteiger partial charge in [-0.15, -0.1) is 0 Å². The molecule has 0 amide bonds. The van der Waals surface area contributed by atoms with Crippen LogP contribution in [0.25, 0.3) is 0 Å². The molecule has 0 fully saturated rings. The molecule has 1 aliphatic heterocycles. The standard InChI is InChI=1S/C17H18N2O2/c18-14-7-8-16(15(10-14)17(20)21)19-9-3-6-12-4-1-2-5-13(12)11-19/h1-2,4-5,7-8,10H,3,6,9,11,18H2,(H,20,21). The summed E-state index contributed by atoms with van der Waals surface area (Å²) in [6.45, 7) is 1.58. The largest absolute Gasteiger partial charge is 0.478 e. The minimum Gasteiger partial charge on any atom is -0.478 e. The average molecular weight is 282 g/mol. The molecular formula is C17H18N2O2. The van der Waals surface area contributed by atoms with Crippen molar-refractivity contribution in [3.63, 3.8) is 0 Å². The smallest absolute Gasteiger partial charge is 0.337 e. The number of carboxylic acids is 1. The number of carbonyl (C=O) groups is 1. The Hall–Kier alpha value is -2.49.